The van der Waals surface area contributed by atoms with Crippen LogP contribution in [0.1, 0.15) is 17.3 Å². The molecule has 2 amide bonds. The molecule has 0 saturated carbocycles. The average Bonchev–Trinajstić information content (AvgIpc) is 2.84. The molecule has 0 radical (unpaired) electrons. The lowest BCUT2D eigenvalue weighted by atomic mass is 10.2. The molecule has 0 aliphatic rings. The molecule has 0 aromatic heterocycles. The van der Waals surface area contributed by atoms with Gasteiger partial charge in [0.15, 0.2) is 6.10 Å². The monoisotopic (exact) mass is 497 g/mol. The molecule has 11 heteroatoms. The molecule has 0 aliphatic carbocycles. The lowest BCUT2D eigenvalue weighted by Crippen LogP contribution is -2.30. The van der Waals surface area contributed by atoms with Crippen molar-refractivity contribution < 1.29 is 28.4 Å². The molecule has 35 heavy (non-hydrogen) atoms. The molecule has 0 heterocycles. The Kier molecular flexibility index (Phi) is 8.52. The van der Waals surface area contributed by atoms with Crippen LogP contribution >= 0.6 is 11.8 Å². The van der Waals surface area contributed by atoms with E-state index in [1.165, 1.54) is 61.5 Å². The number of hydrogen-bond acceptors (Lipinski definition) is 7. The van der Waals surface area contributed by atoms with Gasteiger partial charge in [-0.2, -0.15) is 0 Å². The number of ether oxygens (including phenoxy) is 1. The molecule has 2 N–H and O–H groups in total. The molecule has 3 aromatic rings. The summed E-state index contributed by atoms with van der Waals surface area (Å²) < 4.78 is 18.3. The number of nitrogens with one attached hydrogen (secondary N) is 2. The van der Waals surface area contributed by atoms with E-state index in [1.54, 1.807) is 18.2 Å². The van der Waals surface area contributed by atoms with Gasteiger partial charge >= 0.3 is 5.97 Å². The minimum Gasteiger partial charge on any atom is -0.449 e. The highest BCUT2D eigenvalue weighted by atomic mass is 32.2. The largest absolute Gasteiger partial charge is 0.449 e. The van der Waals surface area contributed by atoms with Crippen LogP contribution in [0.15, 0.2) is 77.7 Å². The predicted molar refractivity (Wildman–Crippen MR) is 129 cm³/mol. The Hall–Kier alpha value is -4.25. The van der Waals surface area contributed by atoms with E-state index in [-0.39, 0.29) is 28.6 Å². The average molecular weight is 498 g/mol. The Morgan fingerprint density at radius 3 is 2.37 bits per heavy atom. The fourth-order valence-corrected chi connectivity index (χ4v) is 3.73. The molecule has 0 fully saturated rings. The molecule has 0 bridgehead atoms. The molecule has 3 rings (SSSR count). The summed E-state index contributed by atoms with van der Waals surface area (Å²) in [5, 5.41) is 16.1. The van der Waals surface area contributed by atoms with Gasteiger partial charge < -0.3 is 15.4 Å². The number of halogens is 1. The summed E-state index contributed by atoms with van der Waals surface area (Å²) in [4.78, 5) is 48.3. The van der Waals surface area contributed by atoms with Gasteiger partial charge in [-0.05, 0) is 49.4 Å². The first-order valence-electron chi connectivity index (χ1n) is 10.3. The van der Waals surface area contributed by atoms with Crippen LogP contribution in [0.25, 0.3) is 0 Å². The quantitative estimate of drug-likeness (QED) is 0.191. The number of thioether (sulfide) groups is 1. The zero-order chi connectivity index (χ0) is 25.4. The molecular weight excluding hydrogens is 477 g/mol. The summed E-state index contributed by atoms with van der Waals surface area (Å²) in [5.74, 6) is -2.35. The maximum absolute atomic E-state index is 13.0. The molecule has 180 valence electrons. The van der Waals surface area contributed by atoms with Crippen molar-refractivity contribution in [2.45, 2.75) is 17.9 Å². The number of nitro groups is 1. The fraction of sp³-hybridized carbons (Fsp3) is 0.125. The van der Waals surface area contributed by atoms with E-state index >= 15 is 0 Å². The number of hydrogen-bond donors (Lipinski definition) is 2. The minimum atomic E-state index is -1.25. The summed E-state index contributed by atoms with van der Waals surface area (Å²) in [6, 6.07) is 17.3. The van der Waals surface area contributed by atoms with Crippen molar-refractivity contribution in [2.24, 2.45) is 0 Å². The number of benzene rings is 3. The lowest BCUT2D eigenvalue weighted by Gasteiger charge is -2.15. The van der Waals surface area contributed by atoms with Gasteiger partial charge in [-0.25, -0.2) is 9.18 Å². The molecule has 0 spiro atoms. The third-order valence-electron chi connectivity index (χ3n) is 4.61. The van der Waals surface area contributed by atoms with Crippen molar-refractivity contribution in [1.29, 1.82) is 0 Å². The van der Waals surface area contributed by atoms with Crippen LogP contribution in [0.5, 0.6) is 0 Å². The van der Waals surface area contributed by atoms with Gasteiger partial charge in [-0.15, -0.1) is 11.8 Å². The number of rotatable bonds is 9. The van der Waals surface area contributed by atoms with E-state index in [0.29, 0.717) is 10.6 Å². The van der Waals surface area contributed by atoms with Crippen molar-refractivity contribution in [3.8, 4) is 0 Å². The molecule has 1 atom stereocenters. The third-order valence-corrected chi connectivity index (χ3v) is 5.68. The van der Waals surface area contributed by atoms with Crippen molar-refractivity contribution in [3.63, 3.8) is 0 Å². The predicted octanol–water partition coefficient (Wildman–Crippen LogP) is 4.65. The Labute approximate surface area is 203 Å². The van der Waals surface area contributed by atoms with Crippen LogP contribution < -0.4 is 10.6 Å². The van der Waals surface area contributed by atoms with Crippen molar-refractivity contribution in [3.05, 3.63) is 94.3 Å². The van der Waals surface area contributed by atoms with E-state index in [1.807, 2.05) is 0 Å². The second kappa shape index (κ2) is 11.7. The number of carbonyl (C=O) groups excluding carboxylic acids is 3. The minimum absolute atomic E-state index is 0.0199. The zero-order valence-corrected chi connectivity index (χ0v) is 19.2. The topological polar surface area (TPSA) is 128 Å². The standard InChI is InChI=1S/C24H20FN3O6S/c1-15(23(30)27-19-7-3-4-8-20(19)28(32)33)34-24(31)18-6-2-5-9-21(18)35-14-22(29)26-17-12-10-16(25)11-13-17/h2-13,15H,14H2,1H3,(H,26,29)(H,27,30). The smallest absolute Gasteiger partial charge is 0.340 e. The summed E-state index contributed by atoms with van der Waals surface area (Å²) in [6.45, 7) is 1.34. The molecule has 0 saturated heterocycles. The van der Waals surface area contributed by atoms with Gasteiger partial charge in [0.05, 0.1) is 16.2 Å². The SMILES string of the molecule is CC(OC(=O)c1ccccc1SCC(=O)Nc1ccc(F)cc1)C(=O)Nc1ccccc1[N+](=O)[O-]. The van der Waals surface area contributed by atoms with Gasteiger partial charge in [0.2, 0.25) is 5.91 Å². The van der Waals surface area contributed by atoms with E-state index in [9.17, 15) is 28.9 Å². The van der Waals surface area contributed by atoms with Gasteiger partial charge in [0, 0.05) is 16.6 Å². The van der Waals surface area contributed by atoms with Crippen LogP contribution in [0, 0.1) is 15.9 Å². The number of para-hydroxylation sites is 2. The van der Waals surface area contributed by atoms with Crippen LogP contribution in [0.2, 0.25) is 0 Å². The first-order chi connectivity index (χ1) is 16.7. The summed E-state index contributed by atoms with van der Waals surface area (Å²) in [5.41, 5.74) is 0.272. The maximum Gasteiger partial charge on any atom is 0.340 e. The van der Waals surface area contributed by atoms with Gasteiger partial charge in [-0.3, -0.25) is 19.7 Å². The van der Waals surface area contributed by atoms with Gasteiger partial charge in [0.1, 0.15) is 11.5 Å². The number of nitrogens with zero attached hydrogens (tertiary/aromatic N) is 1. The highest BCUT2D eigenvalue weighted by Gasteiger charge is 2.23. The first-order valence-corrected chi connectivity index (χ1v) is 11.3. The van der Waals surface area contributed by atoms with Crippen LogP contribution in [-0.4, -0.2) is 34.6 Å². The number of carbonyl (C=O) groups is 3. The van der Waals surface area contributed by atoms with Crippen molar-refractivity contribution in [2.75, 3.05) is 16.4 Å². The normalized spacial score (nSPS) is 11.3. The van der Waals surface area contributed by atoms with Crippen molar-refractivity contribution in [1.82, 2.24) is 0 Å². The van der Waals surface area contributed by atoms with E-state index in [2.05, 4.69) is 10.6 Å². The molecular formula is C24H20FN3O6S. The van der Waals surface area contributed by atoms with Crippen LogP contribution in [0.3, 0.4) is 0 Å². The third kappa shape index (κ3) is 7.11. The summed E-state index contributed by atoms with van der Waals surface area (Å²) >= 11 is 1.09. The second-order valence-electron chi connectivity index (χ2n) is 7.15. The Balaban J connectivity index is 1.60. The van der Waals surface area contributed by atoms with Crippen LogP contribution in [0.4, 0.5) is 21.5 Å². The number of nitro benzene ring substituents is 1. The highest BCUT2D eigenvalue weighted by molar-refractivity contribution is 8.00. The summed E-state index contributed by atoms with van der Waals surface area (Å²) in [7, 11) is 0. The first kappa shape index (κ1) is 25.4. The Bertz CT molecular complexity index is 1250. The van der Waals surface area contributed by atoms with E-state index in [0.717, 1.165) is 11.8 Å². The van der Waals surface area contributed by atoms with Gasteiger partial charge in [-0.1, -0.05) is 24.3 Å². The van der Waals surface area contributed by atoms with Gasteiger partial charge in [0.25, 0.3) is 11.6 Å². The second-order valence-corrected chi connectivity index (χ2v) is 8.17. The number of anilines is 2. The number of esters is 1. The molecule has 3 aromatic carbocycles. The Morgan fingerprint density at radius 2 is 1.66 bits per heavy atom. The van der Waals surface area contributed by atoms with E-state index < -0.39 is 28.7 Å². The molecule has 0 aliphatic heterocycles. The summed E-state index contributed by atoms with van der Waals surface area (Å²) in [6.07, 6.45) is -1.25. The maximum atomic E-state index is 13.0. The zero-order valence-electron chi connectivity index (χ0n) is 18.4. The molecule has 9 nitrogen and oxygen atoms in total. The van der Waals surface area contributed by atoms with Crippen LogP contribution in [-0.2, 0) is 14.3 Å². The number of amides is 2. The van der Waals surface area contributed by atoms with E-state index in [4.69, 9.17) is 4.74 Å². The molecule has 1 unspecified atom stereocenters. The Morgan fingerprint density at radius 1 is 1.00 bits per heavy atom. The van der Waals surface area contributed by atoms with Crippen molar-refractivity contribution >= 4 is 46.6 Å². The lowest BCUT2D eigenvalue weighted by molar-refractivity contribution is -0.383. The fourth-order valence-electron chi connectivity index (χ4n) is 2.89. The highest BCUT2D eigenvalue weighted by Crippen LogP contribution is 2.25.